The molecule has 1 aliphatic heterocycles. The summed E-state index contributed by atoms with van der Waals surface area (Å²) >= 11 is 3.60. The number of carboxylic acids is 1. The lowest BCUT2D eigenvalue weighted by Crippen LogP contribution is -2.48. The van der Waals surface area contributed by atoms with Gasteiger partial charge in [0.05, 0.1) is 5.41 Å². The first-order valence-corrected chi connectivity index (χ1v) is 8.01. The van der Waals surface area contributed by atoms with Crippen LogP contribution in [0.25, 0.3) is 0 Å². The zero-order chi connectivity index (χ0) is 14.8. The highest BCUT2D eigenvalue weighted by molar-refractivity contribution is 9.10. The van der Waals surface area contributed by atoms with Gasteiger partial charge in [0.1, 0.15) is 0 Å². The number of nitrogens with zero attached hydrogens (tertiary/aromatic N) is 1. The Morgan fingerprint density at radius 1 is 1.50 bits per heavy atom. The molecule has 2 rings (SSSR count). The summed E-state index contributed by atoms with van der Waals surface area (Å²) in [5.74, 6) is -0.649. The van der Waals surface area contributed by atoms with E-state index in [4.69, 9.17) is 0 Å². The van der Waals surface area contributed by atoms with Crippen molar-refractivity contribution >= 4 is 21.9 Å². The summed E-state index contributed by atoms with van der Waals surface area (Å²) in [6.07, 6.45) is 2.44. The SMILES string of the molecule is CCC1(C(=O)O)CCCN(C(C)c2ccccc2Br)C1. The number of hydrogen-bond donors (Lipinski definition) is 1. The smallest absolute Gasteiger partial charge is 0.310 e. The molecule has 2 atom stereocenters. The number of rotatable bonds is 4. The van der Waals surface area contributed by atoms with Gasteiger partial charge >= 0.3 is 5.97 Å². The zero-order valence-electron chi connectivity index (χ0n) is 12.1. The van der Waals surface area contributed by atoms with Crippen molar-refractivity contribution in [1.82, 2.24) is 4.90 Å². The largest absolute Gasteiger partial charge is 0.481 e. The fraction of sp³-hybridized carbons (Fsp3) is 0.562. The molecular formula is C16H22BrNO2. The van der Waals surface area contributed by atoms with Crippen molar-refractivity contribution in [2.24, 2.45) is 5.41 Å². The summed E-state index contributed by atoms with van der Waals surface area (Å²) in [5, 5.41) is 9.58. The van der Waals surface area contributed by atoms with Crippen LogP contribution in [0.4, 0.5) is 0 Å². The Hall–Kier alpha value is -0.870. The van der Waals surface area contributed by atoms with Crippen LogP contribution in [0.5, 0.6) is 0 Å². The number of aliphatic carboxylic acids is 1. The number of piperidine rings is 1. The maximum Gasteiger partial charge on any atom is 0.310 e. The first kappa shape index (κ1) is 15.5. The molecule has 3 nitrogen and oxygen atoms in total. The highest BCUT2D eigenvalue weighted by Gasteiger charge is 2.42. The summed E-state index contributed by atoms with van der Waals surface area (Å²) in [4.78, 5) is 13.9. The zero-order valence-corrected chi connectivity index (χ0v) is 13.7. The van der Waals surface area contributed by atoms with Gasteiger partial charge in [0.25, 0.3) is 0 Å². The van der Waals surface area contributed by atoms with Crippen molar-refractivity contribution in [2.75, 3.05) is 13.1 Å². The van der Waals surface area contributed by atoms with E-state index < -0.39 is 11.4 Å². The fourth-order valence-electron chi connectivity index (χ4n) is 3.12. The van der Waals surface area contributed by atoms with Crippen molar-refractivity contribution in [1.29, 1.82) is 0 Å². The minimum absolute atomic E-state index is 0.233. The lowest BCUT2D eigenvalue weighted by atomic mass is 9.77. The van der Waals surface area contributed by atoms with Crippen LogP contribution in [0, 0.1) is 5.41 Å². The van der Waals surface area contributed by atoms with Gasteiger partial charge in [0.15, 0.2) is 0 Å². The normalized spacial score (nSPS) is 25.4. The van der Waals surface area contributed by atoms with Crippen LogP contribution in [0.15, 0.2) is 28.7 Å². The van der Waals surface area contributed by atoms with Gasteiger partial charge in [0, 0.05) is 17.1 Å². The van der Waals surface area contributed by atoms with Crippen molar-refractivity contribution in [3.8, 4) is 0 Å². The van der Waals surface area contributed by atoms with Crippen molar-refractivity contribution in [3.05, 3.63) is 34.3 Å². The average Bonchev–Trinajstić information content (AvgIpc) is 2.47. The van der Waals surface area contributed by atoms with Gasteiger partial charge in [-0.05, 0) is 44.4 Å². The molecule has 110 valence electrons. The van der Waals surface area contributed by atoms with Crippen molar-refractivity contribution < 1.29 is 9.90 Å². The second-order valence-electron chi connectivity index (χ2n) is 5.71. The highest BCUT2D eigenvalue weighted by atomic mass is 79.9. The van der Waals surface area contributed by atoms with E-state index in [1.165, 1.54) is 5.56 Å². The molecule has 4 heteroatoms. The minimum Gasteiger partial charge on any atom is -0.481 e. The Bertz CT molecular complexity index is 491. The number of carboxylic acid groups (broad SMARTS) is 1. The third kappa shape index (κ3) is 2.91. The average molecular weight is 340 g/mol. The summed E-state index contributed by atoms with van der Waals surface area (Å²) in [5.41, 5.74) is 0.651. The van der Waals surface area contributed by atoms with Crippen LogP contribution in [0.1, 0.15) is 44.7 Å². The van der Waals surface area contributed by atoms with Crippen LogP contribution in [0.2, 0.25) is 0 Å². The molecule has 2 unspecified atom stereocenters. The molecular weight excluding hydrogens is 318 g/mol. The van der Waals surface area contributed by atoms with Crippen molar-refractivity contribution in [2.45, 2.75) is 39.2 Å². The Morgan fingerprint density at radius 2 is 2.20 bits per heavy atom. The quantitative estimate of drug-likeness (QED) is 0.898. The molecule has 1 fully saturated rings. The Kier molecular flexibility index (Phi) is 4.86. The number of carbonyl (C=O) groups is 1. The lowest BCUT2D eigenvalue weighted by molar-refractivity contribution is -0.153. The molecule has 0 aliphatic carbocycles. The predicted molar refractivity (Wildman–Crippen MR) is 83.7 cm³/mol. The van der Waals surface area contributed by atoms with Crippen LogP contribution < -0.4 is 0 Å². The van der Waals surface area contributed by atoms with E-state index in [1.54, 1.807) is 0 Å². The third-order valence-electron chi connectivity index (χ3n) is 4.64. The van der Waals surface area contributed by atoms with E-state index in [2.05, 4.69) is 33.8 Å². The number of halogens is 1. The Morgan fingerprint density at radius 3 is 2.80 bits per heavy atom. The number of hydrogen-bond acceptors (Lipinski definition) is 2. The first-order chi connectivity index (χ1) is 9.50. The van der Waals surface area contributed by atoms with Gasteiger partial charge < -0.3 is 5.11 Å². The van der Waals surface area contributed by atoms with Crippen LogP contribution in [0.3, 0.4) is 0 Å². The third-order valence-corrected chi connectivity index (χ3v) is 5.36. The fourth-order valence-corrected chi connectivity index (χ4v) is 3.74. The summed E-state index contributed by atoms with van der Waals surface area (Å²) in [6.45, 7) is 5.76. The van der Waals surface area contributed by atoms with Gasteiger partial charge in [-0.1, -0.05) is 41.1 Å². The minimum atomic E-state index is -0.649. The van der Waals surface area contributed by atoms with E-state index in [1.807, 2.05) is 25.1 Å². The molecule has 20 heavy (non-hydrogen) atoms. The van der Waals surface area contributed by atoms with Gasteiger partial charge in [-0.2, -0.15) is 0 Å². The predicted octanol–water partition coefficient (Wildman–Crippen LogP) is 4.09. The number of benzene rings is 1. The summed E-state index contributed by atoms with van der Waals surface area (Å²) < 4.78 is 1.09. The molecule has 0 amide bonds. The molecule has 0 bridgehead atoms. The summed E-state index contributed by atoms with van der Waals surface area (Å²) in [6, 6.07) is 8.42. The first-order valence-electron chi connectivity index (χ1n) is 7.22. The van der Waals surface area contributed by atoms with Gasteiger partial charge in [-0.25, -0.2) is 0 Å². The molecule has 0 saturated carbocycles. The highest BCUT2D eigenvalue weighted by Crippen LogP contribution is 2.38. The standard InChI is InChI=1S/C16H22BrNO2/c1-3-16(15(19)20)9-6-10-18(11-16)12(2)13-7-4-5-8-14(13)17/h4-5,7-8,12H,3,6,9-11H2,1-2H3,(H,19,20). The summed E-state index contributed by atoms with van der Waals surface area (Å²) in [7, 11) is 0. The second-order valence-corrected chi connectivity index (χ2v) is 6.56. The van der Waals surface area contributed by atoms with Gasteiger partial charge in [-0.3, -0.25) is 9.69 Å². The van der Waals surface area contributed by atoms with Gasteiger partial charge in [0.2, 0.25) is 0 Å². The maximum absolute atomic E-state index is 11.6. The molecule has 0 aromatic heterocycles. The molecule has 1 aliphatic rings. The maximum atomic E-state index is 11.6. The lowest BCUT2D eigenvalue weighted by Gasteiger charge is -2.42. The molecule has 1 aromatic carbocycles. The van der Waals surface area contributed by atoms with E-state index in [0.717, 1.165) is 23.9 Å². The van der Waals surface area contributed by atoms with E-state index in [-0.39, 0.29) is 6.04 Å². The van der Waals surface area contributed by atoms with Crippen LogP contribution in [-0.4, -0.2) is 29.1 Å². The Labute approximate surface area is 129 Å². The molecule has 0 spiro atoms. The van der Waals surface area contributed by atoms with Gasteiger partial charge in [-0.15, -0.1) is 0 Å². The van der Waals surface area contributed by atoms with Crippen LogP contribution >= 0.6 is 15.9 Å². The van der Waals surface area contributed by atoms with Crippen LogP contribution in [-0.2, 0) is 4.79 Å². The molecule has 1 N–H and O–H groups in total. The Balaban J connectivity index is 2.21. The molecule has 1 aromatic rings. The van der Waals surface area contributed by atoms with E-state index in [9.17, 15) is 9.90 Å². The molecule has 1 heterocycles. The van der Waals surface area contributed by atoms with E-state index in [0.29, 0.717) is 13.0 Å². The monoisotopic (exact) mass is 339 g/mol. The second kappa shape index (κ2) is 6.27. The topological polar surface area (TPSA) is 40.5 Å². The molecule has 1 saturated heterocycles. The molecule has 0 radical (unpaired) electrons. The number of likely N-dealkylation sites (tertiary alicyclic amines) is 1. The van der Waals surface area contributed by atoms with Crippen molar-refractivity contribution in [3.63, 3.8) is 0 Å². The van der Waals surface area contributed by atoms with E-state index >= 15 is 0 Å².